The first-order chi connectivity index (χ1) is 14.3. The molecule has 1 aliphatic heterocycles. The second kappa shape index (κ2) is 8.08. The van der Waals surface area contributed by atoms with Crippen molar-refractivity contribution in [3.05, 3.63) is 58.0 Å². The number of hydrogen-bond acceptors (Lipinski definition) is 4. The van der Waals surface area contributed by atoms with Crippen LogP contribution in [-0.2, 0) is 20.4 Å². The molecule has 1 aliphatic rings. The zero-order chi connectivity index (χ0) is 23.1. The van der Waals surface area contributed by atoms with Crippen LogP contribution in [0.2, 0.25) is 0 Å². The van der Waals surface area contributed by atoms with Gasteiger partial charge in [0.05, 0.1) is 10.6 Å². The van der Waals surface area contributed by atoms with E-state index >= 15 is 0 Å². The quantitative estimate of drug-likeness (QED) is 0.664. The lowest BCUT2D eigenvalue weighted by Gasteiger charge is -2.30. The van der Waals surface area contributed by atoms with Crippen LogP contribution in [0.1, 0.15) is 58.2 Å². The third-order valence-corrected chi connectivity index (χ3v) is 6.27. The van der Waals surface area contributed by atoms with Crippen molar-refractivity contribution in [1.29, 1.82) is 0 Å². The van der Waals surface area contributed by atoms with E-state index in [1.54, 1.807) is 0 Å². The summed E-state index contributed by atoms with van der Waals surface area (Å²) in [5.41, 5.74) is 8.04. The number of phenols is 1. The number of carbonyl (C=O) groups is 2. The molecule has 0 aromatic heterocycles. The third-order valence-electron chi connectivity index (χ3n) is 5.19. The fourth-order valence-electron chi connectivity index (χ4n) is 3.61. The molecule has 0 saturated carbocycles. The average molecular weight is 439 g/mol. The molecule has 0 unspecified atom stereocenters. The van der Waals surface area contributed by atoms with Crippen molar-refractivity contribution in [3.63, 3.8) is 0 Å². The number of carbonyl (C=O) groups excluding carboxylic acids is 2. The Balaban J connectivity index is 2.17. The molecule has 2 amide bonds. The van der Waals surface area contributed by atoms with Crippen LogP contribution in [-0.4, -0.2) is 23.5 Å². The number of thioether (sulfide) groups is 1. The SMILES string of the molecule is CC(C)(C)c1cc(C=C2Sc3ccccc3N(CC(N)=O)C2=O)cc(C(C)(C)C)c1O. The Morgan fingerprint density at radius 2 is 1.61 bits per heavy atom. The molecule has 0 fully saturated rings. The number of nitrogens with zero attached hydrogens (tertiary/aromatic N) is 1. The van der Waals surface area contributed by atoms with Gasteiger partial charge in [-0.2, -0.15) is 0 Å². The van der Waals surface area contributed by atoms with Crippen molar-refractivity contribution in [2.75, 3.05) is 11.4 Å². The molecule has 2 aromatic carbocycles. The minimum Gasteiger partial charge on any atom is -0.507 e. The molecule has 31 heavy (non-hydrogen) atoms. The first-order valence-electron chi connectivity index (χ1n) is 10.3. The summed E-state index contributed by atoms with van der Waals surface area (Å²) in [6.45, 7) is 12.1. The van der Waals surface area contributed by atoms with E-state index < -0.39 is 5.91 Å². The van der Waals surface area contributed by atoms with Gasteiger partial charge in [-0.3, -0.25) is 14.5 Å². The number of anilines is 1. The van der Waals surface area contributed by atoms with E-state index in [1.165, 1.54) is 16.7 Å². The lowest BCUT2D eigenvalue weighted by Crippen LogP contribution is -2.40. The predicted molar refractivity (Wildman–Crippen MR) is 127 cm³/mol. The molecule has 3 rings (SSSR count). The maximum atomic E-state index is 13.2. The van der Waals surface area contributed by atoms with Gasteiger partial charge in [0.15, 0.2) is 0 Å². The highest BCUT2D eigenvalue weighted by atomic mass is 32.2. The third kappa shape index (κ3) is 4.79. The van der Waals surface area contributed by atoms with Gasteiger partial charge in [0.1, 0.15) is 12.3 Å². The number of fused-ring (bicyclic) bond motifs is 1. The monoisotopic (exact) mass is 438 g/mol. The second-order valence-corrected chi connectivity index (χ2v) is 11.0. The molecule has 0 bridgehead atoms. The molecular formula is C25H30N2O3S. The van der Waals surface area contributed by atoms with Crippen molar-refractivity contribution < 1.29 is 14.7 Å². The van der Waals surface area contributed by atoms with Crippen LogP contribution in [0, 0.1) is 0 Å². The van der Waals surface area contributed by atoms with Crippen LogP contribution in [0.4, 0.5) is 5.69 Å². The molecule has 0 saturated heterocycles. The number of nitrogens with two attached hydrogens (primary N) is 1. The summed E-state index contributed by atoms with van der Waals surface area (Å²) in [5, 5.41) is 11.0. The Bertz CT molecular complexity index is 1040. The molecule has 6 heteroatoms. The summed E-state index contributed by atoms with van der Waals surface area (Å²) < 4.78 is 0. The van der Waals surface area contributed by atoms with E-state index in [9.17, 15) is 14.7 Å². The predicted octanol–water partition coefficient (Wildman–Crippen LogP) is 4.95. The number of hydrogen-bond donors (Lipinski definition) is 2. The van der Waals surface area contributed by atoms with E-state index in [4.69, 9.17) is 5.73 Å². The summed E-state index contributed by atoms with van der Waals surface area (Å²) in [4.78, 5) is 27.7. The maximum absolute atomic E-state index is 13.2. The van der Waals surface area contributed by atoms with Gasteiger partial charge in [-0.25, -0.2) is 0 Å². The molecule has 2 aromatic rings. The van der Waals surface area contributed by atoms with Gasteiger partial charge in [0, 0.05) is 16.0 Å². The number of benzene rings is 2. The fourth-order valence-corrected chi connectivity index (χ4v) is 4.67. The summed E-state index contributed by atoms with van der Waals surface area (Å²) in [5.74, 6) is -0.528. The largest absolute Gasteiger partial charge is 0.507 e. The number of rotatable bonds is 3. The zero-order valence-corrected chi connectivity index (χ0v) is 19.8. The van der Waals surface area contributed by atoms with Gasteiger partial charge in [0.2, 0.25) is 5.91 Å². The molecule has 5 nitrogen and oxygen atoms in total. The van der Waals surface area contributed by atoms with Gasteiger partial charge in [0.25, 0.3) is 5.91 Å². The van der Waals surface area contributed by atoms with Crippen LogP contribution in [0.5, 0.6) is 5.75 Å². The van der Waals surface area contributed by atoms with Gasteiger partial charge < -0.3 is 10.8 Å². The van der Waals surface area contributed by atoms with E-state index in [-0.39, 0.29) is 23.3 Å². The number of para-hydroxylation sites is 1. The first kappa shape index (κ1) is 22.9. The normalized spacial score (nSPS) is 15.9. The molecular weight excluding hydrogens is 408 g/mol. The molecule has 1 heterocycles. The highest BCUT2D eigenvalue weighted by Gasteiger charge is 2.31. The van der Waals surface area contributed by atoms with Crippen LogP contribution >= 0.6 is 11.8 Å². The second-order valence-electron chi connectivity index (χ2n) is 9.90. The highest BCUT2D eigenvalue weighted by Crippen LogP contribution is 2.44. The average Bonchev–Trinajstić information content (AvgIpc) is 2.64. The minimum atomic E-state index is -0.566. The minimum absolute atomic E-state index is 0.177. The standard InChI is InChI=1S/C25H30N2O3S/c1-24(2,3)16-11-15(12-17(22(16)29)25(4,5)6)13-20-23(30)27(14-21(26)28)18-9-7-8-10-19(18)31-20/h7-13,29H,14H2,1-6H3,(H2,26,28). The van der Waals surface area contributed by atoms with Crippen molar-refractivity contribution in [2.24, 2.45) is 5.73 Å². The Labute approximate surface area is 188 Å². The lowest BCUT2D eigenvalue weighted by atomic mass is 9.78. The summed E-state index contributed by atoms with van der Waals surface area (Å²) >= 11 is 1.38. The maximum Gasteiger partial charge on any atom is 0.265 e. The van der Waals surface area contributed by atoms with Crippen molar-refractivity contribution in [3.8, 4) is 5.75 Å². The number of aromatic hydroxyl groups is 1. The van der Waals surface area contributed by atoms with E-state index in [0.29, 0.717) is 16.3 Å². The molecule has 3 N–H and O–H groups in total. The van der Waals surface area contributed by atoms with Crippen molar-refractivity contribution in [1.82, 2.24) is 0 Å². The van der Waals surface area contributed by atoms with Crippen molar-refractivity contribution >= 4 is 35.3 Å². The number of phenolic OH excluding ortho intramolecular Hbond substituents is 1. The van der Waals surface area contributed by atoms with Crippen molar-refractivity contribution in [2.45, 2.75) is 57.3 Å². The first-order valence-corrected chi connectivity index (χ1v) is 11.1. The molecule has 0 atom stereocenters. The Morgan fingerprint density at radius 1 is 1.06 bits per heavy atom. The number of primary amides is 1. The van der Waals surface area contributed by atoms with Gasteiger partial charge in [-0.05, 0) is 46.7 Å². The summed E-state index contributed by atoms with van der Waals surface area (Å²) in [7, 11) is 0. The highest BCUT2D eigenvalue weighted by molar-refractivity contribution is 8.04. The van der Waals surface area contributed by atoms with Crippen LogP contribution in [0.15, 0.2) is 46.2 Å². The fraction of sp³-hybridized carbons (Fsp3) is 0.360. The molecule has 0 spiro atoms. The number of amides is 2. The van der Waals surface area contributed by atoms with Crippen LogP contribution < -0.4 is 10.6 Å². The van der Waals surface area contributed by atoms with Gasteiger partial charge in [-0.15, -0.1) is 0 Å². The lowest BCUT2D eigenvalue weighted by molar-refractivity contribution is -0.120. The Kier molecular flexibility index (Phi) is 5.98. The molecule has 0 radical (unpaired) electrons. The molecule has 0 aliphatic carbocycles. The zero-order valence-electron chi connectivity index (χ0n) is 18.9. The molecule has 164 valence electrons. The smallest absolute Gasteiger partial charge is 0.265 e. The topological polar surface area (TPSA) is 83.6 Å². The van der Waals surface area contributed by atoms with E-state index in [0.717, 1.165) is 21.6 Å². The Hall–Kier alpha value is -2.73. The van der Waals surface area contributed by atoms with Crippen LogP contribution in [0.25, 0.3) is 6.08 Å². The van der Waals surface area contributed by atoms with E-state index in [1.807, 2.05) is 42.5 Å². The van der Waals surface area contributed by atoms with Gasteiger partial charge >= 0.3 is 0 Å². The van der Waals surface area contributed by atoms with Gasteiger partial charge in [-0.1, -0.05) is 65.4 Å². The Morgan fingerprint density at radius 3 is 2.13 bits per heavy atom. The van der Waals surface area contributed by atoms with Crippen LogP contribution in [0.3, 0.4) is 0 Å². The summed E-state index contributed by atoms with van der Waals surface area (Å²) in [6.07, 6.45) is 1.83. The van der Waals surface area contributed by atoms with E-state index in [2.05, 4.69) is 41.5 Å². The summed E-state index contributed by atoms with van der Waals surface area (Å²) in [6, 6.07) is 11.3.